The van der Waals surface area contributed by atoms with Crippen LogP contribution >= 0.6 is 0 Å². The number of carbonyl (C=O) groups excluding carboxylic acids is 1. The van der Waals surface area contributed by atoms with Gasteiger partial charge in [0.05, 0.1) is 6.42 Å². The summed E-state index contributed by atoms with van der Waals surface area (Å²) in [6, 6.07) is -0.348. The molecule has 1 heterocycles. The van der Waals surface area contributed by atoms with E-state index in [1.807, 2.05) is 0 Å². The second-order valence-corrected chi connectivity index (χ2v) is 4.15. The van der Waals surface area contributed by atoms with Gasteiger partial charge in [0.2, 0.25) is 5.89 Å². The van der Waals surface area contributed by atoms with Gasteiger partial charge in [0, 0.05) is 13.0 Å². The van der Waals surface area contributed by atoms with E-state index in [0.717, 1.165) is 12.8 Å². The molecule has 1 fully saturated rings. The Hall–Kier alpha value is -1.92. The minimum Gasteiger partial charge on any atom is -0.481 e. The molecule has 7 heteroatoms. The first-order valence-electron chi connectivity index (χ1n) is 5.39. The maximum atomic E-state index is 11.7. The number of hydrogen-bond acceptors (Lipinski definition) is 5. The Morgan fingerprint density at radius 1 is 1.59 bits per heavy atom. The first kappa shape index (κ1) is 11.6. The highest BCUT2D eigenvalue weighted by Crippen LogP contribution is 2.34. The fraction of sp³-hybridized carbons (Fsp3) is 0.600. The third-order valence-corrected chi connectivity index (χ3v) is 2.63. The molecule has 7 nitrogen and oxygen atoms in total. The van der Waals surface area contributed by atoms with Crippen LogP contribution in [0.2, 0.25) is 0 Å². The lowest BCUT2D eigenvalue weighted by Crippen LogP contribution is -2.38. The van der Waals surface area contributed by atoms with Crippen LogP contribution in [0.4, 0.5) is 0 Å². The van der Waals surface area contributed by atoms with Crippen LogP contribution in [0.15, 0.2) is 4.52 Å². The summed E-state index contributed by atoms with van der Waals surface area (Å²) in [5.74, 6) is -0.913. The molecule has 1 aromatic heterocycles. The van der Waals surface area contributed by atoms with Gasteiger partial charge in [-0.3, -0.25) is 9.59 Å². The summed E-state index contributed by atoms with van der Waals surface area (Å²) in [7, 11) is 0. The van der Waals surface area contributed by atoms with Crippen molar-refractivity contribution in [3.05, 3.63) is 11.7 Å². The van der Waals surface area contributed by atoms with Gasteiger partial charge in [-0.05, 0) is 18.8 Å². The monoisotopic (exact) mass is 239 g/mol. The van der Waals surface area contributed by atoms with E-state index >= 15 is 0 Å². The molecule has 0 radical (unpaired) electrons. The SMILES string of the molecule is Cc1nc(C(=O)NC(CC(=O)O)C2CC2)no1. The maximum Gasteiger partial charge on any atom is 0.305 e. The van der Waals surface area contributed by atoms with Gasteiger partial charge in [0.1, 0.15) is 0 Å². The van der Waals surface area contributed by atoms with Crippen molar-refractivity contribution in [1.82, 2.24) is 15.5 Å². The molecule has 92 valence electrons. The van der Waals surface area contributed by atoms with Crippen LogP contribution in [-0.4, -0.2) is 33.2 Å². The van der Waals surface area contributed by atoms with Crippen LogP contribution in [0.25, 0.3) is 0 Å². The van der Waals surface area contributed by atoms with Crippen molar-refractivity contribution in [2.45, 2.75) is 32.2 Å². The van der Waals surface area contributed by atoms with Gasteiger partial charge < -0.3 is 14.9 Å². The van der Waals surface area contributed by atoms with Crippen molar-refractivity contribution >= 4 is 11.9 Å². The van der Waals surface area contributed by atoms with E-state index in [-0.39, 0.29) is 24.2 Å². The molecule has 1 aromatic rings. The second-order valence-electron chi connectivity index (χ2n) is 4.15. The fourth-order valence-electron chi connectivity index (χ4n) is 1.65. The molecule has 2 N–H and O–H groups in total. The van der Waals surface area contributed by atoms with Crippen molar-refractivity contribution in [3.63, 3.8) is 0 Å². The highest BCUT2D eigenvalue weighted by atomic mass is 16.5. The Balaban J connectivity index is 1.97. The van der Waals surface area contributed by atoms with E-state index in [4.69, 9.17) is 5.11 Å². The number of nitrogens with zero attached hydrogens (tertiary/aromatic N) is 2. The summed E-state index contributed by atoms with van der Waals surface area (Å²) in [4.78, 5) is 26.1. The third kappa shape index (κ3) is 3.02. The highest BCUT2D eigenvalue weighted by Gasteiger charge is 2.34. The van der Waals surface area contributed by atoms with Crippen molar-refractivity contribution in [1.29, 1.82) is 0 Å². The molecule has 0 aromatic carbocycles. The van der Waals surface area contributed by atoms with Crippen LogP contribution in [0.5, 0.6) is 0 Å². The number of aryl methyl sites for hydroxylation is 1. The molecular weight excluding hydrogens is 226 g/mol. The smallest absolute Gasteiger partial charge is 0.305 e. The van der Waals surface area contributed by atoms with Crippen molar-refractivity contribution in [3.8, 4) is 0 Å². The van der Waals surface area contributed by atoms with Crippen LogP contribution in [0.1, 0.15) is 35.8 Å². The van der Waals surface area contributed by atoms with Crippen molar-refractivity contribution in [2.75, 3.05) is 0 Å². The minimum atomic E-state index is -0.925. The van der Waals surface area contributed by atoms with E-state index in [1.54, 1.807) is 6.92 Å². The van der Waals surface area contributed by atoms with Crippen LogP contribution in [0, 0.1) is 12.8 Å². The Kier molecular flexibility index (Phi) is 3.08. The van der Waals surface area contributed by atoms with Gasteiger partial charge in [-0.1, -0.05) is 5.16 Å². The van der Waals surface area contributed by atoms with Gasteiger partial charge in [0.25, 0.3) is 11.7 Å². The van der Waals surface area contributed by atoms with E-state index in [1.165, 1.54) is 0 Å². The number of carbonyl (C=O) groups is 2. The summed E-state index contributed by atoms with van der Waals surface area (Å²) in [6.07, 6.45) is 1.82. The Morgan fingerprint density at radius 2 is 2.29 bits per heavy atom. The molecule has 1 unspecified atom stereocenters. The molecular formula is C10H13N3O4. The molecule has 1 aliphatic rings. The largest absolute Gasteiger partial charge is 0.481 e. The zero-order valence-corrected chi connectivity index (χ0v) is 9.34. The zero-order valence-electron chi connectivity index (χ0n) is 9.34. The van der Waals surface area contributed by atoms with Crippen LogP contribution in [0.3, 0.4) is 0 Å². The molecule has 2 rings (SSSR count). The number of carboxylic acids is 1. The lowest BCUT2D eigenvalue weighted by Gasteiger charge is -2.14. The molecule has 0 saturated heterocycles. The molecule has 0 aliphatic heterocycles. The molecule has 17 heavy (non-hydrogen) atoms. The lowest BCUT2D eigenvalue weighted by atomic mass is 10.1. The van der Waals surface area contributed by atoms with Gasteiger partial charge >= 0.3 is 5.97 Å². The summed E-state index contributed by atoms with van der Waals surface area (Å²) in [5, 5.41) is 14.9. The number of carboxylic acid groups (broad SMARTS) is 1. The average molecular weight is 239 g/mol. The minimum absolute atomic E-state index is 0.0569. The van der Waals surface area contributed by atoms with E-state index < -0.39 is 11.9 Å². The topological polar surface area (TPSA) is 105 Å². The number of hydrogen-bond donors (Lipinski definition) is 2. The summed E-state index contributed by atoms with van der Waals surface area (Å²) in [5.41, 5.74) is 0. The summed E-state index contributed by atoms with van der Waals surface area (Å²) >= 11 is 0. The van der Waals surface area contributed by atoms with Crippen LogP contribution < -0.4 is 5.32 Å². The van der Waals surface area contributed by atoms with Gasteiger partial charge in [-0.15, -0.1) is 0 Å². The number of nitrogens with one attached hydrogen (secondary N) is 1. The van der Waals surface area contributed by atoms with Crippen molar-refractivity contribution < 1.29 is 19.2 Å². The molecule has 0 bridgehead atoms. The van der Waals surface area contributed by atoms with Crippen molar-refractivity contribution in [2.24, 2.45) is 5.92 Å². The molecule has 1 saturated carbocycles. The standard InChI is InChI=1S/C10H13N3O4/c1-5-11-9(13-17-5)10(16)12-7(4-8(14)15)6-2-3-6/h6-7H,2-4H2,1H3,(H,12,16)(H,14,15). The summed E-state index contributed by atoms with van der Waals surface area (Å²) < 4.78 is 4.69. The average Bonchev–Trinajstić information content (AvgIpc) is 2.99. The predicted octanol–water partition coefficient (Wildman–Crippen LogP) is 0.361. The van der Waals surface area contributed by atoms with Gasteiger partial charge in [-0.25, -0.2) is 0 Å². The number of aromatic nitrogens is 2. The molecule has 0 spiro atoms. The van der Waals surface area contributed by atoms with E-state index in [0.29, 0.717) is 5.89 Å². The van der Waals surface area contributed by atoms with E-state index in [9.17, 15) is 9.59 Å². The van der Waals surface area contributed by atoms with Crippen LogP contribution in [-0.2, 0) is 4.79 Å². The van der Waals surface area contributed by atoms with E-state index in [2.05, 4.69) is 20.0 Å². The Bertz CT molecular complexity index is 439. The summed E-state index contributed by atoms with van der Waals surface area (Å²) in [6.45, 7) is 1.58. The maximum absolute atomic E-state index is 11.7. The van der Waals surface area contributed by atoms with Gasteiger partial charge in [0.15, 0.2) is 0 Å². The Morgan fingerprint density at radius 3 is 2.76 bits per heavy atom. The lowest BCUT2D eigenvalue weighted by molar-refractivity contribution is -0.137. The molecule has 1 aliphatic carbocycles. The predicted molar refractivity (Wildman–Crippen MR) is 55.3 cm³/mol. The fourth-order valence-corrected chi connectivity index (χ4v) is 1.65. The third-order valence-electron chi connectivity index (χ3n) is 2.63. The number of amides is 1. The molecule has 1 atom stereocenters. The first-order valence-corrected chi connectivity index (χ1v) is 5.39. The Labute approximate surface area is 97.2 Å². The first-order chi connectivity index (χ1) is 8.06. The second kappa shape index (κ2) is 4.52. The quantitative estimate of drug-likeness (QED) is 0.768. The number of aliphatic carboxylic acids is 1. The molecule has 1 amide bonds. The number of rotatable bonds is 5. The van der Waals surface area contributed by atoms with Gasteiger partial charge in [-0.2, -0.15) is 4.98 Å². The highest BCUT2D eigenvalue weighted by molar-refractivity contribution is 5.90. The zero-order chi connectivity index (χ0) is 12.4. The normalized spacial score (nSPS) is 16.5.